The standard InChI is InChI=1S/C22H25N3O4S/c26-21-12-11-20(25(21)30(28,29)19-9-5-2-6-10-19)22(27)24-15-13-23(14-16-24)17-18-7-3-1-4-8-18/h1-10,20H,11-17H2/t20-/m0/s1. The van der Waals surface area contributed by atoms with Gasteiger partial charge in [0.25, 0.3) is 10.0 Å². The van der Waals surface area contributed by atoms with E-state index in [9.17, 15) is 18.0 Å². The fourth-order valence-corrected chi connectivity index (χ4v) is 5.69. The summed E-state index contributed by atoms with van der Waals surface area (Å²) < 4.78 is 26.9. The average molecular weight is 428 g/mol. The molecule has 2 aliphatic heterocycles. The molecule has 2 heterocycles. The molecule has 0 aromatic heterocycles. The van der Waals surface area contributed by atoms with Crippen molar-refractivity contribution in [1.82, 2.24) is 14.1 Å². The van der Waals surface area contributed by atoms with E-state index in [1.807, 2.05) is 18.2 Å². The SMILES string of the molecule is O=C([C@@H]1CCC(=O)N1S(=O)(=O)c1ccccc1)N1CCN(Cc2ccccc2)CC1. The maximum atomic E-state index is 13.1. The zero-order valence-electron chi connectivity index (χ0n) is 16.7. The predicted octanol–water partition coefficient (Wildman–Crippen LogP) is 1.71. The summed E-state index contributed by atoms with van der Waals surface area (Å²) in [5, 5.41) is 0. The van der Waals surface area contributed by atoms with Crippen LogP contribution in [0.4, 0.5) is 0 Å². The zero-order chi connectivity index (χ0) is 21.1. The Hall–Kier alpha value is -2.71. The van der Waals surface area contributed by atoms with Crippen LogP contribution in [0.25, 0.3) is 0 Å². The third-order valence-electron chi connectivity index (χ3n) is 5.68. The Morgan fingerprint density at radius 2 is 1.50 bits per heavy atom. The minimum Gasteiger partial charge on any atom is -0.338 e. The molecule has 0 N–H and O–H groups in total. The van der Waals surface area contributed by atoms with Crippen LogP contribution >= 0.6 is 0 Å². The Kier molecular flexibility index (Phi) is 5.87. The molecule has 0 unspecified atom stereocenters. The van der Waals surface area contributed by atoms with Crippen LogP contribution in [0.3, 0.4) is 0 Å². The molecule has 2 aliphatic rings. The molecule has 30 heavy (non-hydrogen) atoms. The molecule has 0 aliphatic carbocycles. The Labute approximate surface area is 176 Å². The van der Waals surface area contributed by atoms with Gasteiger partial charge in [-0.05, 0) is 24.1 Å². The molecule has 0 saturated carbocycles. The molecule has 8 heteroatoms. The summed E-state index contributed by atoms with van der Waals surface area (Å²) in [5.41, 5.74) is 1.22. The number of amides is 2. The Balaban J connectivity index is 1.43. The minimum atomic E-state index is -4.05. The van der Waals surface area contributed by atoms with Crippen LogP contribution in [-0.2, 0) is 26.2 Å². The van der Waals surface area contributed by atoms with Crippen LogP contribution in [0.1, 0.15) is 18.4 Å². The van der Waals surface area contributed by atoms with E-state index in [-0.39, 0.29) is 23.6 Å². The molecular weight excluding hydrogens is 402 g/mol. The molecule has 0 bridgehead atoms. The van der Waals surface area contributed by atoms with E-state index in [1.165, 1.54) is 17.7 Å². The average Bonchev–Trinajstić information content (AvgIpc) is 3.17. The molecule has 7 nitrogen and oxygen atoms in total. The highest BCUT2D eigenvalue weighted by molar-refractivity contribution is 7.89. The molecule has 2 aromatic carbocycles. The molecule has 2 saturated heterocycles. The number of piperazine rings is 1. The number of hydrogen-bond donors (Lipinski definition) is 0. The fraction of sp³-hybridized carbons (Fsp3) is 0.364. The number of sulfonamides is 1. The number of hydrogen-bond acceptors (Lipinski definition) is 5. The lowest BCUT2D eigenvalue weighted by Gasteiger charge is -2.37. The number of rotatable bonds is 5. The normalized spacial score (nSPS) is 20.5. The molecule has 0 spiro atoms. The van der Waals surface area contributed by atoms with Crippen molar-refractivity contribution in [1.29, 1.82) is 0 Å². The van der Waals surface area contributed by atoms with E-state index >= 15 is 0 Å². The quantitative estimate of drug-likeness (QED) is 0.726. The largest absolute Gasteiger partial charge is 0.338 e. The second-order valence-corrected chi connectivity index (χ2v) is 9.46. The van der Waals surface area contributed by atoms with Crippen molar-refractivity contribution in [3.05, 3.63) is 66.2 Å². The van der Waals surface area contributed by atoms with Crippen LogP contribution in [0, 0.1) is 0 Å². The molecule has 4 rings (SSSR count). The molecule has 2 fully saturated rings. The number of nitrogens with zero attached hydrogens (tertiary/aromatic N) is 3. The van der Waals surface area contributed by atoms with Crippen LogP contribution < -0.4 is 0 Å². The van der Waals surface area contributed by atoms with Crippen LogP contribution in [0.5, 0.6) is 0 Å². The maximum Gasteiger partial charge on any atom is 0.267 e. The number of benzene rings is 2. The van der Waals surface area contributed by atoms with Gasteiger partial charge in [0.1, 0.15) is 6.04 Å². The summed E-state index contributed by atoms with van der Waals surface area (Å²) in [6, 6.07) is 17.0. The first-order chi connectivity index (χ1) is 14.5. The molecule has 0 radical (unpaired) electrons. The van der Waals surface area contributed by atoms with Gasteiger partial charge in [-0.2, -0.15) is 0 Å². The van der Waals surface area contributed by atoms with E-state index in [0.29, 0.717) is 26.2 Å². The van der Waals surface area contributed by atoms with E-state index in [0.717, 1.165) is 10.8 Å². The van der Waals surface area contributed by atoms with E-state index in [4.69, 9.17) is 0 Å². The van der Waals surface area contributed by atoms with E-state index < -0.39 is 22.0 Å². The zero-order valence-corrected chi connectivity index (χ0v) is 17.5. The monoisotopic (exact) mass is 427 g/mol. The van der Waals surface area contributed by atoms with Gasteiger partial charge in [0.15, 0.2) is 0 Å². The summed E-state index contributed by atoms with van der Waals surface area (Å²) in [4.78, 5) is 29.6. The van der Waals surface area contributed by atoms with Crippen molar-refractivity contribution >= 4 is 21.8 Å². The summed E-state index contributed by atoms with van der Waals surface area (Å²) in [5.74, 6) is -0.792. The van der Waals surface area contributed by atoms with Gasteiger partial charge in [-0.25, -0.2) is 12.7 Å². The van der Waals surface area contributed by atoms with Crippen LogP contribution in [-0.4, -0.2) is 66.6 Å². The first-order valence-electron chi connectivity index (χ1n) is 10.1. The Bertz CT molecular complexity index is 1000. The van der Waals surface area contributed by atoms with Gasteiger partial charge in [0.2, 0.25) is 11.8 Å². The van der Waals surface area contributed by atoms with Crippen LogP contribution in [0.2, 0.25) is 0 Å². The summed E-state index contributed by atoms with van der Waals surface area (Å²) in [6.07, 6.45) is 0.296. The highest BCUT2D eigenvalue weighted by Crippen LogP contribution is 2.28. The Morgan fingerprint density at radius 3 is 2.13 bits per heavy atom. The predicted molar refractivity (Wildman–Crippen MR) is 112 cm³/mol. The lowest BCUT2D eigenvalue weighted by atomic mass is 10.1. The van der Waals surface area contributed by atoms with Crippen molar-refractivity contribution in [3.63, 3.8) is 0 Å². The second kappa shape index (κ2) is 8.57. The first kappa shape index (κ1) is 20.6. The van der Waals surface area contributed by atoms with Crippen molar-refractivity contribution in [3.8, 4) is 0 Å². The van der Waals surface area contributed by atoms with Crippen molar-refractivity contribution in [2.75, 3.05) is 26.2 Å². The van der Waals surface area contributed by atoms with Gasteiger partial charge in [-0.15, -0.1) is 0 Å². The molecule has 2 aromatic rings. The maximum absolute atomic E-state index is 13.1. The second-order valence-electron chi connectivity index (χ2n) is 7.65. The molecule has 158 valence electrons. The van der Waals surface area contributed by atoms with Crippen molar-refractivity contribution in [2.24, 2.45) is 0 Å². The molecular formula is C22H25N3O4S. The van der Waals surface area contributed by atoms with Gasteiger partial charge in [-0.1, -0.05) is 48.5 Å². The third-order valence-corrected chi connectivity index (χ3v) is 7.52. The lowest BCUT2D eigenvalue weighted by Crippen LogP contribution is -2.54. The van der Waals surface area contributed by atoms with Crippen LogP contribution in [0.15, 0.2) is 65.6 Å². The van der Waals surface area contributed by atoms with Gasteiger partial charge in [0.05, 0.1) is 4.90 Å². The highest BCUT2D eigenvalue weighted by Gasteiger charge is 2.45. The van der Waals surface area contributed by atoms with Gasteiger partial charge in [-0.3, -0.25) is 14.5 Å². The van der Waals surface area contributed by atoms with Gasteiger partial charge in [0, 0.05) is 39.1 Å². The smallest absolute Gasteiger partial charge is 0.267 e. The van der Waals surface area contributed by atoms with Gasteiger partial charge >= 0.3 is 0 Å². The minimum absolute atomic E-state index is 0.0331. The van der Waals surface area contributed by atoms with Crippen molar-refractivity contribution in [2.45, 2.75) is 30.3 Å². The molecule has 2 amide bonds. The lowest BCUT2D eigenvalue weighted by molar-refractivity contribution is -0.139. The molecule has 1 atom stereocenters. The summed E-state index contributed by atoms with van der Waals surface area (Å²) in [6.45, 7) is 3.30. The third kappa shape index (κ3) is 4.11. The van der Waals surface area contributed by atoms with E-state index in [2.05, 4.69) is 17.0 Å². The fourth-order valence-electron chi connectivity index (χ4n) is 4.07. The topological polar surface area (TPSA) is 78.0 Å². The Morgan fingerprint density at radius 1 is 0.900 bits per heavy atom. The first-order valence-corrected chi connectivity index (χ1v) is 11.6. The number of carbonyl (C=O) groups is 2. The van der Waals surface area contributed by atoms with Crippen molar-refractivity contribution < 1.29 is 18.0 Å². The van der Waals surface area contributed by atoms with E-state index in [1.54, 1.807) is 23.1 Å². The summed E-state index contributed by atoms with van der Waals surface area (Å²) in [7, 11) is -4.05. The van der Waals surface area contributed by atoms with Gasteiger partial charge < -0.3 is 4.90 Å². The highest BCUT2D eigenvalue weighted by atomic mass is 32.2. The number of carbonyl (C=O) groups excluding carboxylic acids is 2. The summed E-state index contributed by atoms with van der Waals surface area (Å²) >= 11 is 0.